The van der Waals surface area contributed by atoms with Crippen LogP contribution in [0.25, 0.3) is 0 Å². The fourth-order valence-corrected chi connectivity index (χ4v) is 2.67. The quantitative estimate of drug-likeness (QED) is 0.917. The molecule has 0 saturated carbocycles. The van der Waals surface area contributed by atoms with Crippen LogP contribution in [0.2, 0.25) is 0 Å². The monoisotopic (exact) mass is 300 g/mol. The zero-order valence-electron chi connectivity index (χ0n) is 12.8. The third kappa shape index (κ3) is 3.60. The molecule has 1 aliphatic rings. The van der Waals surface area contributed by atoms with Gasteiger partial charge in [-0.05, 0) is 37.2 Å². The first-order valence-corrected chi connectivity index (χ1v) is 7.84. The molecule has 1 aromatic carbocycles. The van der Waals surface area contributed by atoms with E-state index in [0.717, 1.165) is 37.4 Å². The van der Waals surface area contributed by atoms with Crippen molar-refractivity contribution in [2.24, 2.45) is 0 Å². The minimum Gasteiger partial charge on any atom is -0.324 e. The van der Waals surface area contributed by atoms with Crippen LogP contribution in [-0.2, 0) is 13.0 Å². The maximum absolute atomic E-state index is 12.9. The Labute approximate surface area is 130 Å². The third-order valence-corrected chi connectivity index (χ3v) is 3.94. The minimum atomic E-state index is -0.246. The van der Waals surface area contributed by atoms with Crippen molar-refractivity contribution in [2.75, 3.05) is 18.4 Å². The number of anilines is 2. The van der Waals surface area contributed by atoms with E-state index in [0.29, 0.717) is 5.95 Å². The number of unbranched alkanes of at least 4 members (excludes halogenated alkanes) is 1. The van der Waals surface area contributed by atoms with E-state index < -0.39 is 0 Å². The summed E-state index contributed by atoms with van der Waals surface area (Å²) in [6.07, 6.45) is 5.33. The highest BCUT2D eigenvalue weighted by Gasteiger charge is 2.17. The number of hydrogen-bond donors (Lipinski definition) is 1. The number of fused-ring (bicyclic) bond motifs is 1. The Kier molecular flexibility index (Phi) is 4.63. The molecule has 2 heterocycles. The first kappa shape index (κ1) is 14.9. The van der Waals surface area contributed by atoms with E-state index in [1.54, 1.807) is 12.1 Å². The third-order valence-electron chi connectivity index (χ3n) is 3.94. The van der Waals surface area contributed by atoms with E-state index in [1.165, 1.54) is 30.5 Å². The Morgan fingerprint density at radius 2 is 2.09 bits per heavy atom. The Morgan fingerprint density at radius 1 is 1.27 bits per heavy atom. The molecule has 1 aliphatic heterocycles. The van der Waals surface area contributed by atoms with Crippen LogP contribution in [-0.4, -0.2) is 28.0 Å². The summed E-state index contributed by atoms with van der Waals surface area (Å²) in [7, 11) is 0. The molecule has 0 amide bonds. The summed E-state index contributed by atoms with van der Waals surface area (Å²) in [5.41, 5.74) is 3.13. The summed E-state index contributed by atoms with van der Waals surface area (Å²) in [5, 5.41) is 3.12. The standard InChI is InChI=1S/C17H21FN4/c1-2-3-9-22-10-8-16-13(12-22)11-19-17(21-16)20-15-6-4-14(18)5-7-15/h4-7,11H,2-3,8-10,12H2,1H3,(H,19,20,21). The molecule has 0 unspecified atom stereocenters. The highest BCUT2D eigenvalue weighted by molar-refractivity contribution is 5.53. The summed E-state index contributed by atoms with van der Waals surface area (Å²) in [6, 6.07) is 6.22. The van der Waals surface area contributed by atoms with E-state index >= 15 is 0 Å². The summed E-state index contributed by atoms with van der Waals surface area (Å²) < 4.78 is 12.9. The number of hydrogen-bond acceptors (Lipinski definition) is 4. The molecular formula is C17H21FN4. The highest BCUT2D eigenvalue weighted by atomic mass is 19.1. The smallest absolute Gasteiger partial charge is 0.227 e. The van der Waals surface area contributed by atoms with Crippen LogP contribution >= 0.6 is 0 Å². The second kappa shape index (κ2) is 6.83. The van der Waals surface area contributed by atoms with Crippen LogP contribution in [0.1, 0.15) is 31.0 Å². The number of nitrogens with zero attached hydrogens (tertiary/aromatic N) is 3. The molecule has 0 aliphatic carbocycles. The SMILES string of the molecule is CCCCN1CCc2nc(Nc3ccc(F)cc3)ncc2C1. The van der Waals surface area contributed by atoms with Crippen LogP contribution in [0.5, 0.6) is 0 Å². The number of halogens is 1. The average Bonchev–Trinajstić information content (AvgIpc) is 2.55. The second-order valence-corrected chi connectivity index (χ2v) is 5.68. The van der Waals surface area contributed by atoms with Crippen molar-refractivity contribution in [1.29, 1.82) is 0 Å². The number of aromatic nitrogens is 2. The lowest BCUT2D eigenvalue weighted by molar-refractivity contribution is 0.248. The van der Waals surface area contributed by atoms with E-state index in [4.69, 9.17) is 0 Å². The average molecular weight is 300 g/mol. The molecule has 1 aromatic heterocycles. The van der Waals surface area contributed by atoms with Gasteiger partial charge in [0.05, 0.1) is 5.69 Å². The van der Waals surface area contributed by atoms with Gasteiger partial charge in [0.15, 0.2) is 0 Å². The molecule has 1 N–H and O–H groups in total. The van der Waals surface area contributed by atoms with Crippen LogP contribution in [0.15, 0.2) is 30.5 Å². The topological polar surface area (TPSA) is 41.1 Å². The van der Waals surface area contributed by atoms with Gasteiger partial charge in [-0.3, -0.25) is 4.90 Å². The van der Waals surface area contributed by atoms with E-state index in [-0.39, 0.29) is 5.82 Å². The van der Waals surface area contributed by atoms with Crippen molar-refractivity contribution >= 4 is 11.6 Å². The Hall–Kier alpha value is -2.01. The van der Waals surface area contributed by atoms with Gasteiger partial charge in [-0.25, -0.2) is 14.4 Å². The molecule has 3 rings (SSSR count). The minimum absolute atomic E-state index is 0.246. The summed E-state index contributed by atoms with van der Waals surface area (Å²) in [5.74, 6) is 0.330. The fourth-order valence-electron chi connectivity index (χ4n) is 2.67. The summed E-state index contributed by atoms with van der Waals surface area (Å²) >= 11 is 0. The van der Waals surface area contributed by atoms with Crippen molar-refractivity contribution in [3.8, 4) is 0 Å². The largest absolute Gasteiger partial charge is 0.324 e. The van der Waals surface area contributed by atoms with Crippen LogP contribution in [0, 0.1) is 5.82 Å². The van der Waals surface area contributed by atoms with E-state index in [9.17, 15) is 4.39 Å². The lowest BCUT2D eigenvalue weighted by Crippen LogP contribution is -2.32. The van der Waals surface area contributed by atoms with Crippen LogP contribution in [0.3, 0.4) is 0 Å². The van der Waals surface area contributed by atoms with Gasteiger partial charge in [0.1, 0.15) is 5.82 Å². The van der Waals surface area contributed by atoms with Crippen molar-refractivity contribution < 1.29 is 4.39 Å². The zero-order valence-corrected chi connectivity index (χ0v) is 12.8. The zero-order chi connectivity index (χ0) is 15.4. The van der Waals surface area contributed by atoms with Crippen LogP contribution in [0.4, 0.5) is 16.0 Å². The molecule has 0 bridgehead atoms. The molecule has 0 spiro atoms. The Balaban J connectivity index is 1.68. The van der Waals surface area contributed by atoms with Gasteiger partial charge < -0.3 is 5.32 Å². The lowest BCUT2D eigenvalue weighted by atomic mass is 10.1. The number of benzene rings is 1. The van der Waals surface area contributed by atoms with Gasteiger partial charge in [0.2, 0.25) is 5.95 Å². The molecule has 0 radical (unpaired) electrons. The molecule has 22 heavy (non-hydrogen) atoms. The van der Waals surface area contributed by atoms with Gasteiger partial charge in [-0.15, -0.1) is 0 Å². The van der Waals surface area contributed by atoms with E-state index in [1.807, 2.05) is 6.20 Å². The van der Waals surface area contributed by atoms with Crippen molar-refractivity contribution in [3.63, 3.8) is 0 Å². The van der Waals surface area contributed by atoms with Gasteiger partial charge in [-0.1, -0.05) is 13.3 Å². The maximum Gasteiger partial charge on any atom is 0.227 e. The molecule has 5 heteroatoms. The normalized spacial score (nSPS) is 14.6. The first-order valence-electron chi connectivity index (χ1n) is 7.84. The Bertz CT molecular complexity index is 627. The van der Waals surface area contributed by atoms with Gasteiger partial charge >= 0.3 is 0 Å². The molecule has 0 atom stereocenters. The predicted molar refractivity (Wildman–Crippen MR) is 85.6 cm³/mol. The highest BCUT2D eigenvalue weighted by Crippen LogP contribution is 2.20. The predicted octanol–water partition coefficient (Wildman–Crippen LogP) is 3.52. The molecule has 116 valence electrons. The summed E-state index contributed by atoms with van der Waals surface area (Å²) in [4.78, 5) is 11.4. The van der Waals surface area contributed by atoms with Gasteiger partial charge in [0.25, 0.3) is 0 Å². The molecule has 0 saturated heterocycles. The lowest BCUT2D eigenvalue weighted by Gasteiger charge is -2.27. The van der Waals surface area contributed by atoms with E-state index in [2.05, 4.69) is 27.1 Å². The van der Waals surface area contributed by atoms with Gasteiger partial charge in [0, 0.05) is 37.0 Å². The van der Waals surface area contributed by atoms with Crippen molar-refractivity contribution in [3.05, 3.63) is 47.5 Å². The molecular weight excluding hydrogens is 279 g/mol. The van der Waals surface area contributed by atoms with Gasteiger partial charge in [-0.2, -0.15) is 0 Å². The second-order valence-electron chi connectivity index (χ2n) is 5.68. The van der Waals surface area contributed by atoms with Crippen LogP contribution < -0.4 is 5.32 Å². The molecule has 4 nitrogen and oxygen atoms in total. The summed E-state index contributed by atoms with van der Waals surface area (Å²) in [6.45, 7) is 5.35. The molecule has 2 aromatic rings. The fraction of sp³-hybridized carbons (Fsp3) is 0.412. The van der Waals surface area contributed by atoms with Crippen molar-refractivity contribution in [1.82, 2.24) is 14.9 Å². The first-order chi connectivity index (χ1) is 10.7. The number of nitrogens with one attached hydrogen (secondary N) is 1. The maximum atomic E-state index is 12.9. The Morgan fingerprint density at radius 3 is 2.86 bits per heavy atom. The van der Waals surface area contributed by atoms with Crippen molar-refractivity contribution in [2.45, 2.75) is 32.7 Å². The number of rotatable bonds is 5. The molecule has 0 fully saturated rings.